The average molecular weight is 335 g/mol. The van der Waals surface area contributed by atoms with Crippen LogP contribution in [0.4, 0.5) is 0 Å². The number of aromatic nitrogens is 5. The lowest BCUT2D eigenvalue weighted by molar-refractivity contribution is 0.382. The van der Waals surface area contributed by atoms with E-state index in [0.717, 1.165) is 35.6 Å². The van der Waals surface area contributed by atoms with Crippen molar-refractivity contribution in [1.82, 2.24) is 25.3 Å². The van der Waals surface area contributed by atoms with Gasteiger partial charge in [-0.05, 0) is 18.3 Å². The van der Waals surface area contributed by atoms with Gasteiger partial charge in [0.15, 0.2) is 5.82 Å². The van der Waals surface area contributed by atoms with Crippen molar-refractivity contribution in [3.8, 4) is 0 Å². The largest absolute Gasteiger partial charge is 0.338 e. The van der Waals surface area contributed by atoms with Gasteiger partial charge in [-0.2, -0.15) is 4.98 Å². The molecule has 0 aliphatic heterocycles. The molecule has 126 valence electrons. The Hall–Kier alpha value is -1.37. The number of thioether (sulfide) groups is 1. The second-order valence-corrected chi connectivity index (χ2v) is 7.69. The molecule has 0 amide bonds. The summed E-state index contributed by atoms with van der Waals surface area (Å²) in [6.45, 7) is 4.29. The highest BCUT2D eigenvalue weighted by Crippen LogP contribution is 2.28. The molecule has 0 bridgehead atoms. The van der Waals surface area contributed by atoms with Crippen LogP contribution in [0.5, 0.6) is 0 Å². The zero-order valence-corrected chi connectivity index (χ0v) is 14.7. The minimum absolute atomic E-state index is 0.531. The van der Waals surface area contributed by atoms with E-state index in [1.807, 2.05) is 0 Å². The van der Waals surface area contributed by atoms with E-state index >= 15 is 0 Å². The molecule has 2 aromatic rings. The lowest BCUT2D eigenvalue weighted by atomic mass is 10.0. The van der Waals surface area contributed by atoms with Gasteiger partial charge in [0.05, 0.1) is 5.75 Å². The lowest BCUT2D eigenvalue weighted by Crippen LogP contribution is -1.97. The fraction of sp³-hybridized carbons (Fsp3) is 0.750. The summed E-state index contributed by atoms with van der Waals surface area (Å²) in [6.07, 6.45) is 8.62. The smallest absolute Gasteiger partial charge is 0.237 e. The molecule has 1 saturated carbocycles. The molecule has 2 heterocycles. The number of rotatable bonds is 8. The lowest BCUT2D eigenvalue weighted by Gasteiger charge is -2.05. The van der Waals surface area contributed by atoms with E-state index in [4.69, 9.17) is 4.52 Å². The molecule has 1 aliphatic rings. The Morgan fingerprint density at radius 1 is 1.26 bits per heavy atom. The molecule has 2 aromatic heterocycles. The Bertz CT molecular complexity index is 603. The minimum atomic E-state index is 0.531. The molecule has 3 rings (SSSR count). The monoisotopic (exact) mass is 335 g/mol. The molecule has 0 spiro atoms. The Morgan fingerprint density at radius 2 is 2.09 bits per heavy atom. The van der Waals surface area contributed by atoms with Gasteiger partial charge in [0.1, 0.15) is 5.82 Å². The maximum Gasteiger partial charge on any atom is 0.237 e. The van der Waals surface area contributed by atoms with Crippen LogP contribution in [0.2, 0.25) is 0 Å². The van der Waals surface area contributed by atoms with Crippen LogP contribution in [0.15, 0.2) is 9.68 Å². The topological polar surface area (TPSA) is 80.5 Å². The summed E-state index contributed by atoms with van der Waals surface area (Å²) >= 11 is 1.53. The average Bonchev–Trinajstić information content (AvgIpc) is 3.25. The van der Waals surface area contributed by atoms with Crippen molar-refractivity contribution in [2.45, 2.75) is 69.7 Å². The summed E-state index contributed by atoms with van der Waals surface area (Å²) in [5.41, 5.74) is 0. The SMILES string of the molecule is CC(C)Cc1noc(CSc2n[nH]c(CCC3CCCC3)n2)n1. The first-order valence-corrected chi connectivity index (χ1v) is 9.53. The van der Waals surface area contributed by atoms with Crippen LogP contribution in [0, 0.1) is 11.8 Å². The number of H-pyrrole nitrogens is 1. The molecule has 23 heavy (non-hydrogen) atoms. The number of nitrogens with one attached hydrogen (secondary N) is 1. The van der Waals surface area contributed by atoms with Gasteiger partial charge >= 0.3 is 0 Å². The van der Waals surface area contributed by atoms with Crippen molar-refractivity contribution in [3.05, 3.63) is 17.5 Å². The van der Waals surface area contributed by atoms with Gasteiger partial charge in [0.25, 0.3) is 0 Å². The third kappa shape index (κ3) is 5.06. The van der Waals surface area contributed by atoms with Gasteiger partial charge in [-0.3, -0.25) is 5.10 Å². The van der Waals surface area contributed by atoms with Gasteiger partial charge in [-0.1, -0.05) is 56.4 Å². The van der Waals surface area contributed by atoms with Crippen LogP contribution in [0.25, 0.3) is 0 Å². The number of nitrogens with zero attached hydrogens (tertiary/aromatic N) is 4. The number of hydrogen-bond donors (Lipinski definition) is 1. The maximum absolute atomic E-state index is 5.26. The van der Waals surface area contributed by atoms with Crippen LogP contribution < -0.4 is 0 Å². The van der Waals surface area contributed by atoms with E-state index in [1.165, 1.54) is 43.9 Å². The van der Waals surface area contributed by atoms with Crippen LogP contribution in [0.3, 0.4) is 0 Å². The summed E-state index contributed by atoms with van der Waals surface area (Å²) in [5, 5.41) is 12.1. The van der Waals surface area contributed by atoms with E-state index in [1.54, 1.807) is 0 Å². The quantitative estimate of drug-likeness (QED) is 0.739. The highest BCUT2D eigenvalue weighted by molar-refractivity contribution is 7.98. The first-order chi connectivity index (χ1) is 11.2. The van der Waals surface area contributed by atoms with Crippen molar-refractivity contribution < 1.29 is 4.52 Å². The van der Waals surface area contributed by atoms with E-state index in [2.05, 4.69) is 39.2 Å². The Kier molecular flexibility index (Phi) is 5.70. The molecule has 7 heteroatoms. The number of hydrogen-bond acceptors (Lipinski definition) is 6. The molecule has 0 atom stereocenters. The van der Waals surface area contributed by atoms with E-state index < -0.39 is 0 Å². The number of aryl methyl sites for hydroxylation is 1. The van der Waals surface area contributed by atoms with Crippen LogP contribution in [0.1, 0.15) is 63.5 Å². The van der Waals surface area contributed by atoms with Gasteiger partial charge in [-0.15, -0.1) is 5.10 Å². The maximum atomic E-state index is 5.26. The van der Waals surface area contributed by atoms with Crippen LogP contribution in [-0.4, -0.2) is 25.3 Å². The molecule has 0 aromatic carbocycles. The summed E-state index contributed by atoms with van der Waals surface area (Å²) in [4.78, 5) is 8.94. The second-order valence-electron chi connectivity index (χ2n) is 6.74. The molecule has 0 saturated heterocycles. The van der Waals surface area contributed by atoms with Crippen molar-refractivity contribution in [1.29, 1.82) is 0 Å². The molecule has 1 fully saturated rings. The first-order valence-electron chi connectivity index (χ1n) is 8.54. The van der Waals surface area contributed by atoms with E-state index in [-0.39, 0.29) is 0 Å². The van der Waals surface area contributed by atoms with Crippen molar-refractivity contribution in [2.24, 2.45) is 11.8 Å². The highest BCUT2D eigenvalue weighted by Gasteiger charge is 2.16. The fourth-order valence-corrected chi connectivity index (χ4v) is 3.67. The normalized spacial score (nSPS) is 15.8. The Labute approximate surface area is 141 Å². The predicted molar refractivity (Wildman–Crippen MR) is 89.1 cm³/mol. The summed E-state index contributed by atoms with van der Waals surface area (Å²) in [5.74, 6) is 4.44. The summed E-state index contributed by atoms with van der Waals surface area (Å²) in [7, 11) is 0. The first kappa shape index (κ1) is 16.5. The minimum Gasteiger partial charge on any atom is -0.338 e. The Balaban J connectivity index is 1.44. The van der Waals surface area contributed by atoms with E-state index in [9.17, 15) is 0 Å². The van der Waals surface area contributed by atoms with Gasteiger partial charge in [-0.25, -0.2) is 4.98 Å². The standard InChI is InChI=1S/C16H25N5OS/c1-11(2)9-14-17-15(22-21-14)10-23-16-18-13(19-20-16)8-7-12-5-3-4-6-12/h11-12H,3-10H2,1-2H3,(H,18,19,20). The van der Waals surface area contributed by atoms with Crippen LogP contribution in [-0.2, 0) is 18.6 Å². The third-order valence-electron chi connectivity index (χ3n) is 4.20. The third-order valence-corrected chi connectivity index (χ3v) is 5.03. The van der Waals surface area contributed by atoms with Gasteiger partial charge < -0.3 is 4.52 Å². The summed E-state index contributed by atoms with van der Waals surface area (Å²) < 4.78 is 5.26. The Morgan fingerprint density at radius 3 is 2.87 bits per heavy atom. The van der Waals surface area contributed by atoms with E-state index in [0.29, 0.717) is 17.6 Å². The molecular formula is C16H25N5OS. The summed E-state index contributed by atoms with van der Waals surface area (Å²) in [6, 6.07) is 0. The predicted octanol–water partition coefficient (Wildman–Crippen LogP) is 3.80. The number of aromatic amines is 1. The molecule has 0 unspecified atom stereocenters. The molecule has 1 N–H and O–H groups in total. The van der Waals surface area contributed by atoms with Crippen molar-refractivity contribution in [3.63, 3.8) is 0 Å². The van der Waals surface area contributed by atoms with Crippen LogP contribution >= 0.6 is 11.8 Å². The highest BCUT2D eigenvalue weighted by atomic mass is 32.2. The molecule has 0 radical (unpaired) electrons. The second kappa shape index (κ2) is 7.95. The zero-order chi connectivity index (χ0) is 16.1. The van der Waals surface area contributed by atoms with Gasteiger partial charge in [0.2, 0.25) is 11.0 Å². The fourth-order valence-electron chi connectivity index (χ4n) is 3.02. The molecular weight excluding hydrogens is 310 g/mol. The van der Waals surface area contributed by atoms with Crippen molar-refractivity contribution in [2.75, 3.05) is 0 Å². The zero-order valence-electron chi connectivity index (χ0n) is 13.9. The molecule has 6 nitrogen and oxygen atoms in total. The van der Waals surface area contributed by atoms with Gasteiger partial charge in [0, 0.05) is 12.8 Å². The molecule has 1 aliphatic carbocycles. The van der Waals surface area contributed by atoms with Crippen molar-refractivity contribution >= 4 is 11.8 Å².